The molecule has 11 heteroatoms. The van der Waals surface area contributed by atoms with Crippen LogP contribution in [0.3, 0.4) is 0 Å². The van der Waals surface area contributed by atoms with Crippen molar-refractivity contribution in [3.63, 3.8) is 0 Å². The minimum Gasteiger partial charge on any atom is -0.467 e. The predicted octanol–water partition coefficient (Wildman–Crippen LogP) is 2.97. The average Bonchev–Trinajstić information content (AvgIpc) is 3.42. The fraction of sp³-hybridized carbons (Fsp3) is 0.292. The summed E-state index contributed by atoms with van der Waals surface area (Å²) in [5, 5.41) is 10.0. The second-order valence-electron chi connectivity index (χ2n) is 8.15. The summed E-state index contributed by atoms with van der Waals surface area (Å²) in [6.07, 6.45) is 5.23. The van der Waals surface area contributed by atoms with Crippen molar-refractivity contribution in [2.24, 2.45) is 0 Å². The number of carbonyl (C=O) groups excluding carboxylic acids is 2. The summed E-state index contributed by atoms with van der Waals surface area (Å²) in [6, 6.07) is 12.1. The molecular formula is C24H24N6O4S. The molecule has 35 heavy (non-hydrogen) atoms. The van der Waals surface area contributed by atoms with Gasteiger partial charge < -0.3 is 14.3 Å². The van der Waals surface area contributed by atoms with Gasteiger partial charge in [0.15, 0.2) is 11.0 Å². The van der Waals surface area contributed by atoms with Gasteiger partial charge in [-0.15, -0.1) is 5.10 Å². The first-order chi connectivity index (χ1) is 17.1. The second-order valence-corrected chi connectivity index (χ2v) is 9.10. The summed E-state index contributed by atoms with van der Waals surface area (Å²) in [4.78, 5) is 42.4. The maximum Gasteiger partial charge on any atom is 0.321 e. The maximum atomic E-state index is 13.3. The maximum absolute atomic E-state index is 13.3. The van der Waals surface area contributed by atoms with Gasteiger partial charge in [0, 0.05) is 12.2 Å². The van der Waals surface area contributed by atoms with E-state index >= 15 is 0 Å². The molecule has 0 bridgehead atoms. The van der Waals surface area contributed by atoms with Crippen molar-refractivity contribution in [1.29, 1.82) is 0 Å². The first-order valence-corrected chi connectivity index (χ1v) is 12.4. The normalized spacial score (nSPS) is 13.3. The fourth-order valence-corrected chi connectivity index (χ4v) is 4.97. The summed E-state index contributed by atoms with van der Waals surface area (Å²) in [5.41, 5.74) is 1.92. The van der Waals surface area contributed by atoms with Crippen LogP contribution in [0.25, 0.3) is 17.1 Å². The molecule has 2 N–H and O–H groups in total. The number of amides is 3. The monoisotopic (exact) mass is 492 g/mol. The van der Waals surface area contributed by atoms with Gasteiger partial charge in [-0.2, -0.15) is 4.68 Å². The van der Waals surface area contributed by atoms with E-state index in [1.165, 1.54) is 22.7 Å². The number of furan rings is 1. The molecule has 0 atom stereocenters. The summed E-state index contributed by atoms with van der Waals surface area (Å²) >= 11 is 1.23. The molecule has 3 aliphatic rings. The number of imide groups is 1. The number of nitrogens with one attached hydrogen (secondary N) is 2. The van der Waals surface area contributed by atoms with E-state index in [0.29, 0.717) is 34.5 Å². The van der Waals surface area contributed by atoms with Gasteiger partial charge in [0.25, 0.3) is 5.56 Å². The number of nitrogens with zero attached hydrogens (tertiary/aromatic N) is 4. The third-order valence-electron chi connectivity index (χ3n) is 5.76. The Morgan fingerprint density at radius 1 is 1.09 bits per heavy atom. The lowest BCUT2D eigenvalue weighted by Gasteiger charge is -2.17. The molecule has 180 valence electrons. The quantitative estimate of drug-likeness (QED) is 0.313. The number of thioether (sulfide) groups is 1. The topological polar surface area (TPSA) is 124 Å². The van der Waals surface area contributed by atoms with Gasteiger partial charge in [0.1, 0.15) is 11.3 Å². The zero-order chi connectivity index (χ0) is 24.2. The minimum absolute atomic E-state index is 0.00422. The highest BCUT2D eigenvalue weighted by atomic mass is 32.2. The van der Waals surface area contributed by atoms with Crippen molar-refractivity contribution in [2.75, 3.05) is 5.75 Å². The first-order valence-electron chi connectivity index (χ1n) is 11.4. The SMILES string of the molecule is O=C(CSc1nc2nn(-c3ccccc3)c(=O)c-2c2n1CCCCC2)NC(=O)NCc1ccco1. The van der Waals surface area contributed by atoms with E-state index in [1.807, 2.05) is 34.9 Å². The number of rotatable bonds is 6. The van der Waals surface area contributed by atoms with E-state index in [1.54, 1.807) is 12.1 Å². The summed E-state index contributed by atoms with van der Waals surface area (Å²) in [6.45, 7) is 0.893. The van der Waals surface area contributed by atoms with Crippen LogP contribution in [0.5, 0.6) is 0 Å². The molecule has 3 amide bonds. The van der Waals surface area contributed by atoms with Gasteiger partial charge in [-0.1, -0.05) is 36.4 Å². The zero-order valence-electron chi connectivity index (χ0n) is 18.9. The average molecular weight is 493 g/mol. The van der Waals surface area contributed by atoms with E-state index < -0.39 is 11.9 Å². The second kappa shape index (κ2) is 10.2. The number of aromatic nitrogens is 4. The van der Waals surface area contributed by atoms with Crippen LogP contribution in [0, 0.1) is 0 Å². The van der Waals surface area contributed by atoms with E-state index in [2.05, 4.69) is 20.7 Å². The molecule has 0 saturated heterocycles. The Hall–Kier alpha value is -3.86. The molecule has 1 aromatic carbocycles. The van der Waals surface area contributed by atoms with Crippen molar-refractivity contribution < 1.29 is 14.0 Å². The molecule has 0 unspecified atom stereocenters. The number of para-hydroxylation sites is 1. The molecule has 10 nitrogen and oxygen atoms in total. The van der Waals surface area contributed by atoms with E-state index in [-0.39, 0.29) is 17.9 Å². The van der Waals surface area contributed by atoms with E-state index in [4.69, 9.17) is 4.42 Å². The van der Waals surface area contributed by atoms with Crippen molar-refractivity contribution in [1.82, 2.24) is 30.0 Å². The Morgan fingerprint density at radius 2 is 1.94 bits per heavy atom. The third-order valence-corrected chi connectivity index (χ3v) is 6.73. The largest absolute Gasteiger partial charge is 0.467 e. The Labute approximate surface area is 205 Å². The van der Waals surface area contributed by atoms with Crippen molar-refractivity contribution in [3.05, 3.63) is 70.5 Å². The molecule has 0 fully saturated rings. The molecule has 4 heterocycles. The molecule has 0 saturated carbocycles. The number of urea groups is 1. The summed E-state index contributed by atoms with van der Waals surface area (Å²) in [7, 11) is 0. The molecule has 5 rings (SSSR count). The number of carbonyl (C=O) groups is 2. The van der Waals surface area contributed by atoms with Crippen LogP contribution in [-0.2, 0) is 24.3 Å². The highest BCUT2D eigenvalue weighted by Crippen LogP contribution is 2.30. The number of hydrogen-bond acceptors (Lipinski definition) is 7. The highest BCUT2D eigenvalue weighted by Gasteiger charge is 2.27. The van der Waals surface area contributed by atoms with Gasteiger partial charge in [-0.25, -0.2) is 9.78 Å². The van der Waals surface area contributed by atoms with Gasteiger partial charge in [0.05, 0.1) is 24.2 Å². The molecule has 2 aromatic rings. The molecule has 0 radical (unpaired) electrons. The van der Waals surface area contributed by atoms with Crippen LogP contribution in [0.15, 0.2) is 63.1 Å². The predicted molar refractivity (Wildman–Crippen MR) is 130 cm³/mol. The number of benzene rings is 1. The van der Waals surface area contributed by atoms with Gasteiger partial charge >= 0.3 is 6.03 Å². The zero-order valence-corrected chi connectivity index (χ0v) is 19.7. The Morgan fingerprint density at radius 3 is 2.74 bits per heavy atom. The van der Waals surface area contributed by atoms with Crippen LogP contribution in [-0.4, -0.2) is 37.0 Å². The Kier molecular flexibility index (Phi) is 6.66. The fourth-order valence-electron chi connectivity index (χ4n) is 4.13. The van der Waals surface area contributed by atoms with Crippen LogP contribution in [0.4, 0.5) is 4.79 Å². The van der Waals surface area contributed by atoms with Crippen LogP contribution in [0.2, 0.25) is 0 Å². The minimum atomic E-state index is -0.598. The Balaban J connectivity index is 1.36. The van der Waals surface area contributed by atoms with Crippen LogP contribution < -0.4 is 16.2 Å². The lowest BCUT2D eigenvalue weighted by molar-refractivity contribution is -0.117. The van der Waals surface area contributed by atoms with Crippen LogP contribution in [0.1, 0.15) is 30.7 Å². The standard InChI is InChI=1S/C24H24N6O4S/c31-19(26-23(33)25-14-17-10-7-13-34-17)15-35-24-27-21-20(18-11-5-2-6-12-29(18)24)22(32)30(28-21)16-8-3-1-4-9-16/h1,3-4,7-10,13H,2,5-6,11-12,14-15H2,(H2,25,26,31,33). The lowest BCUT2D eigenvalue weighted by atomic mass is 10.1. The Bertz CT molecular complexity index is 1360. The summed E-state index contributed by atoms with van der Waals surface area (Å²) < 4.78 is 8.57. The highest BCUT2D eigenvalue weighted by molar-refractivity contribution is 7.99. The van der Waals surface area contributed by atoms with Crippen molar-refractivity contribution in [2.45, 2.75) is 43.9 Å². The number of fused-ring (bicyclic) bond motifs is 3. The molecule has 0 spiro atoms. The molecule has 3 aliphatic heterocycles. The van der Waals surface area contributed by atoms with Crippen LogP contribution >= 0.6 is 11.8 Å². The molecule has 0 aliphatic carbocycles. The van der Waals surface area contributed by atoms with E-state index in [0.717, 1.165) is 31.4 Å². The third kappa shape index (κ3) is 4.99. The van der Waals surface area contributed by atoms with Gasteiger partial charge in [0.2, 0.25) is 5.91 Å². The van der Waals surface area contributed by atoms with E-state index in [9.17, 15) is 14.4 Å². The lowest BCUT2D eigenvalue weighted by Crippen LogP contribution is -2.40. The molecule has 1 aromatic heterocycles. The molecular weight excluding hydrogens is 468 g/mol. The van der Waals surface area contributed by atoms with Crippen molar-refractivity contribution in [3.8, 4) is 17.1 Å². The number of hydrogen-bond donors (Lipinski definition) is 2. The van der Waals surface area contributed by atoms with Gasteiger partial charge in [-0.3, -0.25) is 14.9 Å². The summed E-state index contributed by atoms with van der Waals surface area (Å²) in [5.74, 6) is 0.504. The van der Waals surface area contributed by atoms with Gasteiger partial charge in [-0.05, 0) is 43.5 Å². The smallest absolute Gasteiger partial charge is 0.321 e. The van der Waals surface area contributed by atoms with Crippen molar-refractivity contribution >= 4 is 23.7 Å². The first kappa shape index (κ1) is 22.9.